The number of hydrogen-bond acceptors (Lipinski definition) is 7. The summed E-state index contributed by atoms with van der Waals surface area (Å²) in [5, 5.41) is 0. The molecule has 0 bridgehead atoms. The normalized spacial score (nSPS) is 13.3. The molecule has 1 aromatic rings. The summed E-state index contributed by atoms with van der Waals surface area (Å²) in [7, 11) is -4.01. The molecule has 8 nitrogen and oxygen atoms in total. The van der Waals surface area contributed by atoms with Gasteiger partial charge in [-0.1, -0.05) is 159 Å². The van der Waals surface area contributed by atoms with Crippen LogP contribution < -0.4 is 4.52 Å². The van der Waals surface area contributed by atoms with Gasteiger partial charge in [0, 0.05) is 37.7 Å². The Kier molecular flexibility index (Phi) is 38.6. The average Bonchev–Trinajstić information content (AvgIpc) is 3.24. The molecule has 0 heterocycles. The van der Waals surface area contributed by atoms with Gasteiger partial charge in [-0.2, -0.15) is 4.67 Å². The Morgan fingerprint density at radius 3 is 1.45 bits per heavy atom. The number of rotatable bonds is 43. The Balaban J connectivity index is 2.58. The van der Waals surface area contributed by atoms with E-state index in [4.69, 9.17) is 41.7 Å². The molecule has 2 atom stereocenters. The summed E-state index contributed by atoms with van der Waals surface area (Å²) in [5.74, 6) is -0.0819. The Hall–Kier alpha value is -1.83. The molecule has 0 radical (unpaired) electrons. The van der Waals surface area contributed by atoms with E-state index in [0.717, 1.165) is 70.6 Å². The van der Waals surface area contributed by atoms with Crippen LogP contribution in [-0.4, -0.2) is 60.8 Å². The van der Waals surface area contributed by atoms with Gasteiger partial charge in [0.05, 0.1) is 6.61 Å². The highest BCUT2D eigenvalue weighted by molar-refractivity contribution is 7.51. The maximum Gasteiger partial charge on any atom is 0.461 e. The third kappa shape index (κ3) is 32.8. The molecule has 0 unspecified atom stereocenters. The van der Waals surface area contributed by atoms with Crippen molar-refractivity contribution in [1.82, 2.24) is 4.67 Å². The molecule has 1 rings (SSSR count). The number of esters is 2. The lowest BCUT2D eigenvalue weighted by Gasteiger charge is -2.30. The van der Waals surface area contributed by atoms with Crippen LogP contribution in [0.4, 0.5) is 0 Å². The second-order valence-electron chi connectivity index (χ2n) is 16.0. The highest BCUT2D eigenvalue weighted by Gasteiger charge is 2.36. The Bertz CT molecular complexity index is 1250. The summed E-state index contributed by atoms with van der Waals surface area (Å²) in [5.41, 5.74) is 0. The van der Waals surface area contributed by atoms with Crippen molar-refractivity contribution in [3.05, 3.63) is 54.6 Å². The molecule has 60 heavy (non-hydrogen) atoms. The smallest absolute Gasteiger partial charge is 0.461 e. The lowest BCUT2D eigenvalue weighted by Crippen LogP contribution is -2.33. The van der Waals surface area contributed by atoms with E-state index >= 15 is 0 Å². The number of nitrogens with zero attached hydrogens (tertiary/aromatic N) is 1. The highest BCUT2D eigenvalue weighted by atomic mass is 35.5. The SMILES string of the molecule is CCCCCCCC/C=C/CCCCCCCC(=O)OC[C@@H](CO[P@](=O)(Oc1ccccc1)N(CCCl)CCCl)OC(=O)CCCCCCC/C=C/CCCCCCCC. The number of alkyl halides is 2. The van der Waals surface area contributed by atoms with Crippen LogP contribution in [0.15, 0.2) is 54.6 Å². The summed E-state index contributed by atoms with van der Waals surface area (Å²) < 4.78 is 39.1. The highest BCUT2D eigenvalue weighted by Crippen LogP contribution is 2.52. The van der Waals surface area contributed by atoms with Crippen molar-refractivity contribution in [1.29, 1.82) is 0 Å². The van der Waals surface area contributed by atoms with Gasteiger partial charge in [-0.15, -0.1) is 23.2 Å². The predicted molar refractivity (Wildman–Crippen MR) is 253 cm³/mol. The van der Waals surface area contributed by atoms with Crippen LogP contribution in [0.5, 0.6) is 5.75 Å². The largest absolute Gasteiger partial charge is 0.462 e. The molecule has 0 aromatic heterocycles. The molecule has 0 fully saturated rings. The third-order valence-corrected chi connectivity index (χ3v) is 12.8. The molecule has 0 aliphatic rings. The minimum atomic E-state index is -4.01. The zero-order chi connectivity index (χ0) is 43.6. The van der Waals surface area contributed by atoms with E-state index in [2.05, 4.69) is 38.2 Å². The molecule has 0 aliphatic heterocycles. The van der Waals surface area contributed by atoms with Gasteiger partial charge in [0.1, 0.15) is 12.4 Å². The average molecular weight is 901 g/mol. The Labute approximate surface area is 376 Å². The van der Waals surface area contributed by atoms with Crippen molar-refractivity contribution >= 4 is 42.9 Å². The topological polar surface area (TPSA) is 91.4 Å². The van der Waals surface area contributed by atoms with Gasteiger partial charge in [-0.3, -0.25) is 14.1 Å². The number of benzene rings is 1. The number of carbonyl (C=O) groups is 2. The zero-order valence-electron chi connectivity index (χ0n) is 37.8. The first kappa shape index (κ1) is 56.2. The van der Waals surface area contributed by atoms with Crippen LogP contribution in [0.25, 0.3) is 0 Å². The number of allylic oxidation sites excluding steroid dienone is 4. The summed E-state index contributed by atoms with van der Waals surface area (Å²) in [6.07, 6.45) is 39.3. The first-order valence-corrected chi connectivity index (χ1v) is 26.5. The number of para-hydroxylation sites is 1. The lowest BCUT2D eigenvalue weighted by molar-refractivity contribution is -0.161. The molecule has 0 N–H and O–H groups in total. The van der Waals surface area contributed by atoms with Crippen LogP contribution in [0.1, 0.15) is 194 Å². The van der Waals surface area contributed by atoms with Crippen LogP contribution in [0.2, 0.25) is 0 Å². The predicted octanol–water partition coefficient (Wildman–Crippen LogP) is 15.5. The zero-order valence-corrected chi connectivity index (χ0v) is 40.2. The summed E-state index contributed by atoms with van der Waals surface area (Å²) >= 11 is 12.1. The van der Waals surface area contributed by atoms with E-state index in [9.17, 15) is 14.2 Å². The fraction of sp³-hybridized carbons (Fsp3) is 0.755. The van der Waals surface area contributed by atoms with E-state index in [1.54, 1.807) is 24.3 Å². The standard InChI is InChI=1S/C49H84Cl2NO7P/c1-3-5-7-9-11-13-15-17-19-21-23-25-27-29-34-38-48(53)56-44-47(45-57-60(55,52(42-40-50)43-41-51)59-46-36-32-31-33-37-46)58-49(54)39-35-30-28-26-24-22-20-18-16-14-12-10-8-6-4-2/h17-20,31-33,36-37,47H,3-16,21-30,34-35,38-45H2,1-2H3/b19-17+,20-18+/t47-,60-/m0/s1. The van der Waals surface area contributed by atoms with E-state index in [1.807, 2.05) is 6.07 Å². The minimum Gasteiger partial charge on any atom is -0.462 e. The molecular formula is C49H84Cl2NO7P. The fourth-order valence-electron chi connectivity index (χ4n) is 6.81. The molecule has 11 heteroatoms. The van der Waals surface area contributed by atoms with Crippen molar-refractivity contribution in [3.63, 3.8) is 0 Å². The van der Waals surface area contributed by atoms with Gasteiger partial charge in [0.25, 0.3) is 0 Å². The van der Waals surface area contributed by atoms with Crippen molar-refractivity contribution in [2.75, 3.05) is 38.1 Å². The maximum atomic E-state index is 14.3. The van der Waals surface area contributed by atoms with Gasteiger partial charge < -0.3 is 14.0 Å². The summed E-state index contributed by atoms with van der Waals surface area (Å²) in [6, 6.07) is 8.71. The number of halogens is 2. The molecule has 0 aliphatic carbocycles. The van der Waals surface area contributed by atoms with Crippen LogP contribution >= 0.6 is 30.9 Å². The van der Waals surface area contributed by atoms with Crippen LogP contribution in [-0.2, 0) is 28.2 Å². The molecule has 0 saturated heterocycles. The number of unbranched alkanes of at least 4 members (excludes halogenated alkanes) is 22. The number of hydrogen-bond donors (Lipinski definition) is 0. The van der Waals surface area contributed by atoms with Crippen molar-refractivity contribution in [2.45, 2.75) is 200 Å². The second-order valence-corrected chi connectivity index (χ2v) is 18.7. The van der Waals surface area contributed by atoms with E-state index in [1.165, 1.54) is 94.6 Å². The van der Waals surface area contributed by atoms with Crippen LogP contribution in [0, 0.1) is 0 Å². The van der Waals surface area contributed by atoms with Crippen molar-refractivity contribution in [3.8, 4) is 5.75 Å². The van der Waals surface area contributed by atoms with Crippen molar-refractivity contribution < 1.29 is 32.7 Å². The minimum absolute atomic E-state index is 0.171. The first-order valence-electron chi connectivity index (χ1n) is 23.9. The number of ether oxygens (including phenoxy) is 2. The van der Waals surface area contributed by atoms with E-state index < -0.39 is 19.8 Å². The van der Waals surface area contributed by atoms with Gasteiger partial charge in [-0.05, 0) is 76.3 Å². The van der Waals surface area contributed by atoms with E-state index in [-0.39, 0.29) is 56.9 Å². The number of carbonyl (C=O) groups excluding carboxylic acids is 2. The van der Waals surface area contributed by atoms with Gasteiger partial charge in [0.2, 0.25) is 0 Å². The van der Waals surface area contributed by atoms with E-state index in [0.29, 0.717) is 12.2 Å². The monoisotopic (exact) mass is 900 g/mol. The van der Waals surface area contributed by atoms with Gasteiger partial charge in [-0.25, -0.2) is 4.57 Å². The van der Waals surface area contributed by atoms with Gasteiger partial charge in [0.15, 0.2) is 6.10 Å². The quantitative estimate of drug-likeness (QED) is 0.0210. The van der Waals surface area contributed by atoms with Crippen molar-refractivity contribution in [2.24, 2.45) is 0 Å². The van der Waals surface area contributed by atoms with Gasteiger partial charge >= 0.3 is 19.7 Å². The maximum absolute atomic E-state index is 14.3. The molecule has 0 spiro atoms. The van der Waals surface area contributed by atoms with Crippen LogP contribution in [0.3, 0.4) is 0 Å². The third-order valence-electron chi connectivity index (χ3n) is 10.4. The molecular weight excluding hydrogens is 816 g/mol. The summed E-state index contributed by atoms with van der Waals surface area (Å²) in [6.45, 7) is 4.39. The Morgan fingerprint density at radius 1 is 0.583 bits per heavy atom. The lowest BCUT2D eigenvalue weighted by atomic mass is 10.1. The molecule has 1 aromatic carbocycles. The fourth-order valence-corrected chi connectivity index (χ4v) is 9.22. The second kappa shape index (κ2) is 41.2. The molecule has 0 saturated carbocycles. The molecule has 346 valence electrons. The Morgan fingerprint density at radius 2 is 1.00 bits per heavy atom. The summed E-state index contributed by atoms with van der Waals surface area (Å²) in [4.78, 5) is 25.8. The molecule has 0 amide bonds. The first-order chi connectivity index (χ1) is 29.4.